The van der Waals surface area contributed by atoms with Gasteiger partial charge in [0.1, 0.15) is 34.9 Å². The van der Waals surface area contributed by atoms with Crippen LogP contribution in [-0.4, -0.2) is 133 Å². The number of carbonyl (C=O) groups is 2. The van der Waals surface area contributed by atoms with Crippen molar-refractivity contribution >= 4 is 45.6 Å². The van der Waals surface area contributed by atoms with E-state index in [1.165, 1.54) is 24.3 Å². The molecule has 0 bridgehead atoms. The standard InChI is InChI=1S/2C25H28FN7.C2H2O4/c2*26-21-3-1-20(2-4-21)18-33-23-16-27-8-5-22(23)31-25(33)15-19-6-12-32(13-7-19)14-11-30-24-17-28-9-10-29-24;3-1(4)2(5)6/h2*1-5,8-10,16-17,19H,6-7,11-15,18H2,(H,29,30);(H,3,4)(H,5,6). The van der Waals surface area contributed by atoms with Gasteiger partial charge in [0.2, 0.25) is 0 Å². The zero-order valence-electron chi connectivity index (χ0n) is 39.8. The normalized spacial score (nSPS) is 14.5. The summed E-state index contributed by atoms with van der Waals surface area (Å²) in [4.78, 5) is 58.4. The summed E-state index contributed by atoms with van der Waals surface area (Å²) in [6, 6.07) is 17.4. The zero-order chi connectivity index (χ0) is 50.1. The van der Waals surface area contributed by atoms with Crippen LogP contribution in [0.25, 0.3) is 22.1 Å². The number of carboxylic acids is 2. The fourth-order valence-corrected chi connectivity index (χ4v) is 9.06. The number of aliphatic carboxylic acids is 2. The molecule has 10 rings (SSSR count). The molecule has 2 aliphatic rings. The van der Waals surface area contributed by atoms with Gasteiger partial charge in [-0.3, -0.25) is 19.9 Å². The smallest absolute Gasteiger partial charge is 0.414 e. The maximum Gasteiger partial charge on any atom is 0.414 e. The number of hydrogen-bond acceptors (Lipinski definition) is 14. The number of rotatable bonds is 16. The number of piperidine rings is 2. The Hall–Kier alpha value is -7.84. The summed E-state index contributed by atoms with van der Waals surface area (Å²) in [5, 5.41) is 21.5. The van der Waals surface area contributed by atoms with E-state index in [1.54, 1.807) is 49.6 Å². The molecule has 18 nitrogen and oxygen atoms in total. The van der Waals surface area contributed by atoms with Crippen LogP contribution in [0.2, 0.25) is 0 Å². The maximum absolute atomic E-state index is 13.4. The largest absolute Gasteiger partial charge is 0.473 e. The van der Waals surface area contributed by atoms with Crippen LogP contribution in [0.1, 0.15) is 48.5 Å². The van der Waals surface area contributed by atoms with Crippen molar-refractivity contribution in [2.24, 2.45) is 11.8 Å². The lowest BCUT2D eigenvalue weighted by Gasteiger charge is -2.32. The van der Waals surface area contributed by atoms with Crippen molar-refractivity contribution in [3.05, 3.63) is 157 Å². The monoisotopic (exact) mass is 980 g/mol. The van der Waals surface area contributed by atoms with Crippen LogP contribution in [0.5, 0.6) is 0 Å². The number of aromatic nitrogens is 10. The van der Waals surface area contributed by atoms with Gasteiger partial charge in [-0.1, -0.05) is 24.3 Å². The molecule has 2 aliphatic heterocycles. The molecule has 8 aromatic rings. The molecule has 0 spiro atoms. The number of carboxylic acid groups (broad SMARTS) is 2. The highest BCUT2D eigenvalue weighted by atomic mass is 19.1. The Bertz CT molecular complexity index is 2750. The molecule has 0 aliphatic carbocycles. The number of hydrogen-bond donors (Lipinski definition) is 4. The topological polar surface area (TPSA) is 218 Å². The zero-order valence-corrected chi connectivity index (χ0v) is 39.8. The minimum atomic E-state index is -1.82. The first kappa shape index (κ1) is 50.5. The molecule has 374 valence electrons. The van der Waals surface area contributed by atoms with Crippen molar-refractivity contribution in [2.75, 3.05) is 63.0 Å². The number of anilines is 2. The molecule has 0 amide bonds. The number of pyridine rings is 2. The number of halogens is 2. The van der Waals surface area contributed by atoms with Gasteiger partial charge < -0.3 is 39.8 Å². The number of nitrogens with zero attached hydrogens (tertiary/aromatic N) is 12. The Kier molecular flexibility index (Phi) is 17.8. The molecule has 0 unspecified atom stereocenters. The molecule has 20 heteroatoms. The molecule has 72 heavy (non-hydrogen) atoms. The molecule has 4 N–H and O–H groups in total. The maximum atomic E-state index is 13.4. The third kappa shape index (κ3) is 14.6. The van der Waals surface area contributed by atoms with Gasteiger partial charge in [0.05, 0.1) is 46.9 Å². The summed E-state index contributed by atoms with van der Waals surface area (Å²) in [6.45, 7) is 9.43. The molecule has 6 aromatic heterocycles. The molecule has 2 fully saturated rings. The summed E-state index contributed by atoms with van der Waals surface area (Å²) in [5.41, 5.74) is 6.12. The second-order valence-electron chi connectivity index (χ2n) is 17.8. The number of likely N-dealkylation sites (tertiary alicyclic amines) is 2. The lowest BCUT2D eigenvalue weighted by molar-refractivity contribution is -0.159. The van der Waals surface area contributed by atoms with Crippen LogP contribution in [0.3, 0.4) is 0 Å². The molecular weight excluding hydrogens is 923 g/mol. The van der Waals surface area contributed by atoms with Crippen molar-refractivity contribution in [1.82, 2.24) is 58.8 Å². The quantitative estimate of drug-likeness (QED) is 0.0740. The van der Waals surface area contributed by atoms with E-state index < -0.39 is 11.9 Å². The number of nitrogens with one attached hydrogen (secondary N) is 2. The van der Waals surface area contributed by atoms with Crippen molar-refractivity contribution in [2.45, 2.75) is 51.6 Å². The van der Waals surface area contributed by atoms with Gasteiger partial charge in [-0.2, -0.15) is 0 Å². The van der Waals surface area contributed by atoms with Crippen LogP contribution in [0.15, 0.2) is 123 Å². The van der Waals surface area contributed by atoms with E-state index in [0.29, 0.717) is 24.9 Å². The van der Waals surface area contributed by atoms with E-state index in [4.69, 9.17) is 29.8 Å². The van der Waals surface area contributed by atoms with Crippen molar-refractivity contribution in [3.63, 3.8) is 0 Å². The first-order valence-electron chi connectivity index (χ1n) is 24.1. The van der Waals surface area contributed by atoms with Gasteiger partial charge in [0.15, 0.2) is 0 Å². The fraction of sp³-hybridized carbons (Fsp3) is 0.346. The van der Waals surface area contributed by atoms with Gasteiger partial charge in [0, 0.05) is 89.3 Å². The first-order valence-corrected chi connectivity index (χ1v) is 24.1. The molecule has 0 atom stereocenters. The Morgan fingerprint density at radius 3 is 1.28 bits per heavy atom. The van der Waals surface area contributed by atoms with Crippen molar-refractivity contribution in [1.29, 1.82) is 0 Å². The summed E-state index contributed by atoms with van der Waals surface area (Å²) in [7, 11) is 0. The predicted molar refractivity (Wildman–Crippen MR) is 268 cm³/mol. The minimum absolute atomic E-state index is 0.213. The van der Waals surface area contributed by atoms with E-state index in [9.17, 15) is 8.78 Å². The molecular formula is C52H58F2N14O4. The van der Waals surface area contributed by atoms with Crippen molar-refractivity contribution in [3.8, 4) is 0 Å². The summed E-state index contributed by atoms with van der Waals surface area (Å²) < 4.78 is 31.2. The number of imidazole rings is 2. The Morgan fingerprint density at radius 2 is 0.917 bits per heavy atom. The highest BCUT2D eigenvalue weighted by Crippen LogP contribution is 2.27. The van der Waals surface area contributed by atoms with Crippen molar-refractivity contribution < 1.29 is 28.6 Å². The molecule has 2 aromatic carbocycles. The van der Waals surface area contributed by atoms with E-state index in [2.05, 4.69) is 59.5 Å². The minimum Gasteiger partial charge on any atom is -0.473 e. The molecule has 2 saturated heterocycles. The van der Waals surface area contributed by atoms with Gasteiger partial charge >= 0.3 is 11.9 Å². The van der Waals surface area contributed by atoms with Crippen LogP contribution in [0.4, 0.5) is 20.4 Å². The highest BCUT2D eigenvalue weighted by Gasteiger charge is 2.24. The van der Waals surface area contributed by atoms with E-state index in [0.717, 1.165) is 147 Å². The van der Waals surface area contributed by atoms with E-state index in [1.807, 2.05) is 48.8 Å². The van der Waals surface area contributed by atoms with Gasteiger partial charge in [-0.15, -0.1) is 0 Å². The molecule has 8 heterocycles. The Balaban J connectivity index is 0.000000173. The summed E-state index contributed by atoms with van der Waals surface area (Å²) in [6.07, 6.45) is 24.1. The average molecular weight is 981 g/mol. The third-order valence-electron chi connectivity index (χ3n) is 12.9. The Morgan fingerprint density at radius 1 is 0.528 bits per heavy atom. The van der Waals surface area contributed by atoms with Gasteiger partial charge in [0.25, 0.3) is 0 Å². The van der Waals surface area contributed by atoms with Crippen LogP contribution < -0.4 is 10.6 Å². The molecule has 0 radical (unpaired) electrons. The third-order valence-corrected chi connectivity index (χ3v) is 12.9. The lowest BCUT2D eigenvalue weighted by atomic mass is 9.93. The van der Waals surface area contributed by atoms with Gasteiger partial charge in [-0.25, -0.2) is 38.3 Å². The predicted octanol–water partition coefficient (Wildman–Crippen LogP) is 6.71. The second kappa shape index (κ2) is 25.3. The number of benzene rings is 2. The van der Waals surface area contributed by atoms with Crippen LogP contribution >= 0.6 is 0 Å². The second-order valence-corrected chi connectivity index (χ2v) is 17.8. The van der Waals surface area contributed by atoms with Gasteiger partial charge in [-0.05, 0) is 111 Å². The van der Waals surface area contributed by atoms with E-state index in [-0.39, 0.29) is 11.6 Å². The van der Waals surface area contributed by atoms with Crippen LogP contribution in [-0.2, 0) is 35.5 Å². The SMILES string of the molecule is Fc1ccc(Cn2c(CC3CCN(CCNc4cnccn4)CC3)nc3ccncc32)cc1.Fc1ccc(Cn2c(CC3CCN(CCNc4cnccn4)CC3)nc3ccncc32)cc1.O=C(O)C(=O)O. The number of fused-ring (bicyclic) bond motifs is 2. The highest BCUT2D eigenvalue weighted by molar-refractivity contribution is 6.27. The summed E-state index contributed by atoms with van der Waals surface area (Å²) >= 11 is 0. The fourth-order valence-electron chi connectivity index (χ4n) is 9.06. The Labute approximate surface area is 415 Å². The summed E-state index contributed by atoms with van der Waals surface area (Å²) in [5.74, 6) is 0.950. The lowest BCUT2D eigenvalue weighted by Crippen LogP contribution is -2.37. The average Bonchev–Trinajstić information content (AvgIpc) is 3.93. The molecule has 0 saturated carbocycles. The van der Waals surface area contributed by atoms with Crippen LogP contribution in [0, 0.1) is 23.5 Å². The first-order chi connectivity index (χ1) is 35.1. The van der Waals surface area contributed by atoms with E-state index >= 15 is 0 Å².